The minimum atomic E-state index is 0.404. The van der Waals surface area contributed by atoms with Crippen LogP contribution in [0.5, 0.6) is 5.75 Å². The summed E-state index contributed by atoms with van der Waals surface area (Å²) in [6.45, 7) is 2.20. The third-order valence-electron chi connectivity index (χ3n) is 3.35. The summed E-state index contributed by atoms with van der Waals surface area (Å²) in [5.41, 5.74) is 2.43. The van der Waals surface area contributed by atoms with Gasteiger partial charge in [-0.15, -0.1) is 0 Å². The van der Waals surface area contributed by atoms with Crippen LogP contribution >= 0.6 is 15.9 Å². The standard InChI is InChI=1S/C17H20BrNO/c1-3-14(11-13-7-5-4-6-8-13)19-17-12-15(20-2)9-10-16(17)18/h4-10,12,14,19H,3,11H2,1-2H3. The van der Waals surface area contributed by atoms with Gasteiger partial charge in [-0.05, 0) is 46.5 Å². The Morgan fingerprint density at radius 1 is 1.15 bits per heavy atom. The highest BCUT2D eigenvalue weighted by molar-refractivity contribution is 9.10. The van der Waals surface area contributed by atoms with E-state index in [1.807, 2.05) is 18.2 Å². The van der Waals surface area contributed by atoms with Crippen molar-refractivity contribution in [2.45, 2.75) is 25.8 Å². The predicted molar refractivity (Wildman–Crippen MR) is 88.5 cm³/mol. The molecule has 2 nitrogen and oxygen atoms in total. The SMILES string of the molecule is CCC(Cc1ccccc1)Nc1cc(OC)ccc1Br. The molecule has 2 aromatic carbocycles. The van der Waals surface area contributed by atoms with Crippen LogP contribution < -0.4 is 10.1 Å². The molecular formula is C17H20BrNO. The number of rotatable bonds is 6. The van der Waals surface area contributed by atoms with E-state index in [-0.39, 0.29) is 0 Å². The third-order valence-corrected chi connectivity index (χ3v) is 4.04. The topological polar surface area (TPSA) is 21.3 Å². The maximum atomic E-state index is 5.28. The van der Waals surface area contributed by atoms with Gasteiger partial charge in [0, 0.05) is 16.6 Å². The average molecular weight is 334 g/mol. The summed E-state index contributed by atoms with van der Waals surface area (Å²) in [5, 5.41) is 3.59. The monoisotopic (exact) mass is 333 g/mol. The Morgan fingerprint density at radius 3 is 2.55 bits per heavy atom. The largest absolute Gasteiger partial charge is 0.497 e. The van der Waals surface area contributed by atoms with E-state index in [0.29, 0.717) is 6.04 Å². The maximum absolute atomic E-state index is 5.28. The Balaban J connectivity index is 2.10. The van der Waals surface area contributed by atoms with Crippen molar-refractivity contribution in [2.24, 2.45) is 0 Å². The second-order valence-corrected chi connectivity index (χ2v) is 5.64. The molecule has 2 rings (SSSR count). The first-order valence-corrected chi connectivity index (χ1v) is 7.66. The number of hydrogen-bond acceptors (Lipinski definition) is 2. The van der Waals surface area contributed by atoms with Gasteiger partial charge in [-0.2, -0.15) is 0 Å². The van der Waals surface area contributed by atoms with Gasteiger partial charge in [-0.1, -0.05) is 37.3 Å². The Bertz CT molecular complexity index is 542. The predicted octanol–water partition coefficient (Wildman–Crippen LogP) is 4.89. The van der Waals surface area contributed by atoms with Gasteiger partial charge in [0.2, 0.25) is 0 Å². The van der Waals surface area contributed by atoms with Gasteiger partial charge in [0.25, 0.3) is 0 Å². The molecule has 0 aliphatic heterocycles. The van der Waals surface area contributed by atoms with Crippen molar-refractivity contribution < 1.29 is 4.74 Å². The smallest absolute Gasteiger partial charge is 0.121 e. The van der Waals surface area contributed by atoms with E-state index in [1.165, 1.54) is 5.56 Å². The van der Waals surface area contributed by atoms with Gasteiger partial charge in [-0.25, -0.2) is 0 Å². The van der Waals surface area contributed by atoms with Gasteiger partial charge in [0.1, 0.15) is 5.75 Å². The van der Waals surface area contributed by atoms with Crippen molar-refractivity contribution in [1.29, 1.82) is 0 Å². The lowest BCUT2D eigenvalue weighted by Gasteiger charge is -2.20. The lowest BCUT2D eigenvalue weighted by atomic mass is 10.0. The first kappa shape index (κ1) is 14.9. The first-order valence-electron chi connectivity index (χ1n) is 6.87. The van der Waals surface area contributed by atoms with Crippen LogP contribution in [-0.4, -0.2) is 13.2 Å². The number of hydrogen-bond donors (Lipinski definition) is 1. The molecule has 20 heavy (non-hydrogen) atoms. The molecule has 0 amide bonds. The molecule has 0 saturated carbocycles. The van der Waals surface area contributed by atoms with Crippen LogP contribution in [0.1, 0.15) is 18.9 Å². The van der Waals surface area contributed by atoms with Gasteiger partial charge < -0.3 is 10.1 Å². The van der Waals surface area contributed by atoms with Crippen molar-refractivity contribution in [3.8, 4) is 5.75 Å². The summed E-state index contributed by atoms with van der Waals surface area (Å²) in [7, 11) is 1.69. The van der Waals surface area contributed by atoms with E-state index in [1.54, 1.807) is 7.11 Å². The molecule has 1 atom stereocenters. The fourth-order valence-electron chi connectivity index (χ4n) is 2.16. The van der Waals surface area contributed by atoms with E-state index >= 15 is 0 Å². The second kappa shape index (κ2) is 7.34. The van der Waals surface area contributed by atoms with Crippen LogP contribution in [0.3, 0.4) is 0 Å². The van der Waals surface area contributed by atoms with Gasteiger partial charge in [0.05, 0.1) is 12.8 Å². The number of benzene rings is 2. The molecular weight excluding hydrogens is 314 g/mol. The molecule has 0 fully saturated rings. The lowest BCUT2D eigenvalue weighted by Crippen LogP contribution is -2.21. The van der Waals surface area contributed by atoms with E-state index in [9.17, 15) is 0 Å². The van der Waals surface area contributed by atoms with Crippen molar-refractivity contribution in [2.75, 3.05) is 12.4 Å². The zero-order chi connectivity index (χ0) is 14.4. The van der Waals surface area contributed by atoms with Crippen LogP contribution in [0, 0.1) is 0 Å². The zero-order valence-electron chi connectivity index (χ0n) is 11.9. The minimum Gasteiger partial charge on any atom is -0.497 e. The molecule has 2 aromatic rings. The molecule has 0 aliphatic rings. The number of ether oxygens (including phenoxy) is 1. The maximum Gasteiger partial charge on any atom is 0.121 e. The highest BCUT2D eigenvalue weighted by atomic mass is 79.9. The molecule has 106 valence electrons. The lowest BCUT2D eigenvalue weighted by molar-refractivity contribution is 0.415. The molecule has 0 aromatic heterocycles. The van der Waals surface area contributed by atoms with Crippen LogP contribution in [-0.2, 0) is 6.42 Å². The quantitative estimate of drug-likeness (QED) is 0.812. The number of nitrogens with one attached hydrogen (secondary N) is 1. The first-order chi connectivity index (χ1) is 9.72. The van der Waals surface area contributed by atoms with E-state index < -0.39 is 0 Å². The number of halogens is 1. The molecule has 0 spiro atoms. The van der Waals surface area contributed by atoms with Crippen LogP contribution in [0.2, 0.25) is 0 Å². The van der Waals surface area contributed by atoms with Gasteiger partial charge in [0.15, 0.2) is 0 Å². The summed E-state index contributed by atoms with van der Waals surface area (Å²) in [5.74, 6) is 0.866. The van der Waals surface area contributed by atoms with Crippen molar-refractivity contribution in [3.63, 3.8) is 0 Å². The summed E-state index contributed by atoms with van der Waals surface area (Å²) >= 11 is 3.58. The van der Waals surface area contributed by atoms with E-state index in [0.717, 1.165) is 28.8 Å². The molecule has 1 N–H and O–H groups in total. The Morgan fingerprint density at radius 2 is 1.90 bits per heavy atom. The molecule has 1 unspecified atom stereocenters. The van der Waals surface area contributed by atoms with Gasteiger partial charge >= 0.3 is 0 Å². The summed E-state index contributed by atoms with van der Waals surface area (Å²) < 4.78 is 6.34. The van der Waals surface area contributed by atoms with Gasteiger partial charge in [-0.3, -0.25) is 0 Å². The normalized spacial score (nSPS) is 11.9. The fourth-order valence-corrected chi connectivity index (χ4v) is 2.52. The number of methoxy groups -OCH3 is 1. The van der Waals surface area contributed by atoms with E-state index in [2.05, 4.69) is 58.5 Å². The minimum absolute atomic E-state index is 0.404. The molecule has 0 bridgehead atoms. The Kier molecular flexibility index (Phi) is 5.48. The summed E-state index contributed by atoms with van der Waals surface area (Å²) in [4.78, 5) is 0. The van der Waals surface area contributed by atoms with Crippen LogP contribution in [0.25, 0.3) is 0 Å². The zero-order valence-corrected chi connectivity index (χ0v) is 13.5. The third kappa shape index (κ3) is 4.01. The van der Waals surface area contributed by atoms with E-state index in [4.69, 9.17) is 4.74 Å². The van der Waals surface area contributed by atoms with Crippen molar-refractivity contribution in [3.05, 3.63) is 58.6 Å². The molecule has 0 heterocycles. The van der Waals surface area contributed by atoms with Crippen molar-refractivity contribution >= 4 is 21.6 Å². The Labute approximate surface area is 129 Å². The second-order valence-electron chi connectivity index (χ2n) is 4.79. The summed E-state index contributed by atoms with van der Waals surface area (Å²) in [6.07, 6.45) is 2.08. The summed E-state index contributed by atoms with van der Waals surface area (Å²) in [6, 6.07) is 17.0. The van der Waals surface area contributed by atoms with Crippen LogP contribution in [0.4, 0.5) is 5.69 Å². The highest BCUT2D eigenvalue weighted by Gasteiger charge is 2.10. The van der Waals surface area contributed by atoms with Crippen LogP contribution in [0.15, 0.2) is 53.0 Å². The molecule has 0 aliphatic carbocycles. The average Bonchev–Trinajstić information content (AvgIpc) is 2.49. The molecule has 3 heteroatoms. The Hall–Kier alpha value is -1.48. The molecule has 0 saturated heterocycles. The fraction of sp³-hybridized carbons (Fsp3) is 0.294. The molecule has 0 radical (unpaired) electrons. The van der Waals surface area contributed by atoms with Crippen molar-refractivity contribution in [1.82, 2.24) is 0 Å². The number of anilines is 1. The highest BCUT2D eigenvalue weighted by Crippen LogP contribution is 2.28.